The fourth-order valence-corrected chi connectivity index (χ4v) is 8.36. The summed E-state index contributed by atoms with van der Waals surface area (Å²) in [4.78, 5) is 0. The van der Waals surface area contributed by atoms with Crippen LogP contribution in [0.1, 0.15) is 85.5 Å². The Morgan fingerprint density at radius 1 is 1.03 bits per heavy atom. The van der Waals surface area contributed by atoms with Crippen LogP contribution in [0.15, 0.2) is 0 Å². The van der Waals surface area contributed by atoms with E-state index in [-0.39, 0.29) is 22.9 Å². The number of nitrogens with zero attached hydrogens (tertiary/aromatic N) is 1. The van der Waals surface area contributed by atoms with Gasteiger partial charge in [0.1, 0.15) is 0 Å². The molecule has 0 unspecified atom stereocenters. The topological polar surface area (TPSA) is 62.5 Å². The number of hydrogen-bond acceptors (Lipinski definition) is 4. The van der Waals surface area contributed by atoms with E-state index < -0.39 is 5.60 Å². The van der Waals surface area contributed by atoms with E-state index in [0.29, 0.717) is 31.0 Å². The normalized spacial score (nSPS) is 48.0. The summed E-state index contributed by atoms with van der Waals surface area (Å²) in [6.07, 6.45) is 10.2. The number of ether oxygens (including phenoxy) is 2. The van der Waals surface area contributed by atoms with Crippen LogP contribution in [-0.4, -0.2) is 36.6 Å². The minimum Gasteiger partial charge on any atom is -0.387 e. The minimum absolute atomic E-state index is 0.192. The van der Waals surface area contributed by atoms with Gasteiger partial charge in [-0.05, 0) is 113 Å². The third-order valence-electron chi connectivity index (χ3n) is 9.94. The van der Waals surface area contributed by atoms with Crippen LogP contribution in [0.4, 0.5) is 0 Å². The Hall–Kier alpha value is -0.630. The molecule has 30 heavy (non-hydrogen) atoms. The van der Waals surface area contributed by atoms with Crippen molar-refractivity contribution in [1.82, 2.24) is 0 Å². The van der Waals surface area contributed by atoms with Crippen LogP contribution < -0.4 is 0 Å². The highest BCUT2D eigenvalue weighted by Gasteiger charge is 2.63. The molecule has 0 aromatic rings. The van der Waals surface area contributed by atoms with Crippen molar-refractivity contribution in [2.45, 2.75) is 97.2 Å². The third-order valence-corrected chi connectivity index (χ3v) is 9.94. The summed E-state index contributed by atoms with van der Waals surface area (Å²) < 4.78 is 12.0. The van der Waals surface area contributed by atoms with Gasteiger partial charge < -0.3 is 14.6 Å². The summed E-state index contributed by atoms with van der Waals surface area (Å²) in [6.45, 7) is 10.7. The third kappa shape index (κ3) is 3.63. The van der Waals surface area contributed by atoms with E-state index in [1.165, 1.54) is 32.1 Å². The predicted octanol–water partition coefficient (Wildman–Crippen LogP) is 5.34. The van der Waals surface area contributed by atoms with Crippen molar-refractivity contribution in [3.63, 3.8) is 0 Å². The molecule has 4 heteroatoms. The van der Waals surface area contributed by atoms with Crippen molar-refractivity contribution in [2.24, 2.45) is 40.4 Å². The fraction of sp³-hybridized carbons (Fsp3) is 0.962. The van der Waals surface area contributed by atoms with E-state index in [1.54, 1.807) is 0 Å². The standard InChI is InChI=1S/C26H43NO3/c1-5-29-16-25(28)12-13-26(17-30-18(2)3)19(14-25)6-8-21-22-9-7-20(15-27)24(22,4)11-10-23(21)26/h18-23,28H,5-14,16-17H2,1-4H3/t19-,20+,21+,22+,23+,24-,25-,26-/m1/s1. The average molecular weight is 418 g/mol. The summed E-state index contributed by atoms with van der Waals surface area (Å²) in [6, 6.07) is 2.66. The molecule has 4 saturated carbocycles. The highest BCUT2D eigenvalue weighted by Crippen LogP contribution is 2.68. The van der Waals surface area contributed by atoms with Crippen LogP contribution in [0.2, 0.25) is 0 Å². The van der Waals surface area contributed by atoms with Gasteiger partial charge in [0.25, 0.3) is 0 Å². The SMILES string of the molecule is CCOC[C@@]1(O)CC[C@@]2(COC(C)C)[C@H](CC[C@H]3[C@@H]4CC[C@@H](C#N)[C@@]4(C)CC[C@@H]32)C1. The van der Waals surface area contributed by atoms with Gasteiger partial charge >= 0.3 is 0 Å². The van der Waals surface area contributed by atoms with E-state index in [2.05, 4.69) is 26.8 Å². The molecule has 0 radical (unpaired) electrons. The Bertz CT molecular complexity index is 659. The van der Waals surface area contributed by atoms with E-state index in [4.69, 9.17) is 9.47 Å². The van der Waals surface area contributed by atoms with Gasteiger partial charge in [-0.15, -0.1) is 0 Å². The number of nitriles is 1. The first kappa shape index (κ1) is 22.6. The molecule has 1 N–H and O–H groups in total. The molecule has 0 saturated heterocycles. The summed E-state index contributed by atoms with van der Waals surface area (Å²) in [5.74, 6) is 2.87. The molecule has 0 bridgehead atoms. The van der Waals surface area contributed by atoms with E-state index in [1.807, 2.05) is 6.92 Å². The smallest absolute Gasteiger partial charge is 0.0883 e. The van der Waals surface area contributed by atoms with Gasteiger partial charge in [-0.3, -0.25) is 0 Å². The molecule has 4 rings (SSSR count). The van der Waals surface area contributed by atoms with Crippen LogP contribution in [0.5, 0.6) is 0 Å². The first-order chi connectivity index (χ1) is 14.3. The molecule has 4 fully saturated rings. The monoisotopic (exact) mass is 417 g/mol. The Morgan fingerprint density at radius 2 is 1.83 bits per heavy atom. The van der Waals surface area contributed by atoms with Crippen LogP contribution in [-0.2, 0) is 9.47 Å². The zero-order chi connectivity index (χ0) is 21.6. The Balaban J connectivity index is 1.60. The van der Waals surface area contributed by atoms with Gasteiger partial charge in [0, 0.05) is 6.61 Å². The van der Waals surface area contributed by atoms with E-state index in [9.17, 15) is 10.4 Å². The van der Waals surface area contributed by atoms with Crippen LogP contribution in [0, 0.1) is 51.8 Å². The number of aliphatic hydroxyl groups is 1. The van der Waals surface area contributed by atoms with E-state index >= 15 is 0 Å². The first-order valence-electron chi connectivity index (χ1n) is 12.6. The molecule has 0 aromatic heterocycles. The van der Waals surface area contributed by atoms with Crippen molar-refractivity contribution >= 4 is 0 Å². The summed E-state index contributed by atoms with van der Waals surface area (Å²) in [7, 11) is 0. The van der Waals surface area contributed by atoms with Crippen molar-refractivity contribution in [2.75, 3.05) is 19.8 Å². The first-order valence-corrected chi connectivity index (χ1v) is 12.6. The lowest BCUT2D eigenvalue weighted by molar-refractivity contribution is -0.194. The Labute approximate surface area is 183 Å². The number of rotatable bonds is 6. The second-order valence-electron chi connectivity index (χ2n) is 11.6. The van der Waals surface area contributed by atoms with Crippen LogP contribution in [0.25, 0.3) is 0 Å². The molecule has 170 valence electrons. The molecule has 4 aliphatic rings. The predicted molar refractivity (Wildman–Crippen MR) is 118 cm³/mol. The van der Waals surface area contributed by atoms with Crippen molar-refractivity contribution in [3.05, 3.63) is 0 Å². The maximum Gasteiger partial charge on any atom is 0.0883 e. The lowest BCUT2D eigenvalue weighted by Crippen LogP contribution is -2.59. The van der Waals surface area contributed by atoms with Crippen molar-refractivity contribution in [1.29, 1.82) is 5.26 Å². The zero-order valence-corrected chi connectivity index (χ0v) is 19.7. The molecule has 0 aliphatic heterocycles. The summed E-state index contributed by atoms with van der Waals surface area (Å²) in [5, 5.41) is 21.1. The summed E-state index contributed by atoms with van der Waals surface area (Å²) >= 11 is 0. The average Bonchev–Trinajstić information content (AvgIpc) is 3.07. The van der Waals surface area contributed by atoms with Gasteiger partial charge in [-0.25, -0.2) is 0 Å². The zero-order valence-electron chi connectivity index (χ0n) is 19.7. The second kappa shape index (κ2) is 8.38. The Kier molecular flexibility index (Phi) is 6.30. The molecular formula is C26H43NO3. The van der Waals surface area contributed by atoms with Crippen LogP contribution in [0.3, 0.4) is 0 Å². The molecule has 4 nitrogen and oxygen atoms in total. The van der Waals surface area contributed by atoms with Gasteiger partial charge in [-0.2, -0.15) is 5.26 Å². The summed E-state index contributed by atoms with van der Waals surface area (Å²) in [5.41, 5.74) is -0.262. The van der Waals surface area contributed by atoms with E-state index in [0.717, 1.165) is 38.2 Å². The minimum atomic E-state index is -0.669. The van der Waals surface area contributed by atoms with Gasteiger partial charge in [0.15, 0.2) is 0 Å². The molecule has 8 atom stereocenters. The fourth-order valence-electron chi connectivity index (χ4n) is 8.36. The van der Waals surface area contributed by atoms with Crippen molar-refractivity contribution in [3.8, 4) is 6.07 Å². The van der Waals surface area contributed by atoms with Crippen molar-refractivity contribution < 1.29 is 14.6 Å². The molecule has 4 aliphatic carbocycles. The molecule has 0 amide bonds. The quantitative estimate of drug-likeness (QED) is 0.633. The lowest BCUT2D eigenvalue weighted by Gasteiger charge is -2.62. The van der Waals surface area contributed by atoms with Crippen LogP contribution >= 0.6 is 0 Å². The maximum absolute atomic E-state index is 11.3. The second-order valence-corrected chi connectivity index (χ2v) is 11.6. The largest absolute Gasteiger partial charge is 0.387 e. The molecule has 0 heterocycles. The number of hydrogen-bond donors (Lipinski definition) is 1. The highest BCUT2D eigenvalue weighted by molar-refractivity contribution is 5.14. The molecule has 0 aromatic carbocycles. The number of fused-ring (bicyclic) bond motifs is 5. The van der Waals surface area contributed by atoms with Gasteiger partial charge in [0.2, 0.25) is 0 Å². The lowest BCUT2D eigenvalue weighted by atomic mass is 9.43. The molecular weight excluding hydrogens is 374 g/mol. The maximum atomic E-state index is 11.3. The molecule has 0 spiro atoms. The van der Waals surface area contributed by atoms with Gasteiger partial charge in [0.05, 0.1) is 36.9 Å². The Morgan fingerprint density at radius 3 is 2.53 bits per heavy atom. The van der Waals surface area contributed by atoms with Gasteiger partial charge in [-0.1, -0.05) is 6.92 Å². The highest BCUT2D eigenvalue weighted by atomic mass is 16.5.